The van der Waals surface area contributed by atoms with Crippen LogP contribution in [0.5, 0.6) is 11.5 Å². The van der Waals surface area contributed by atoms with Crippen molar-refractivity contribution in [3.63, 3.8) is 0 Å². The number of benzene rings is 2. The summed E-state index contributed by atoms with van der Waals surface area (Å²) in [6.45, 7) is 3.85. The Balaban J connectivity index is 2.22. The molecule has 8 heteroatoms. The smallest absolute Gasteiger partial charge is 0.471 e. The summed E-state index contributed by atoms with van der Waals surface area (Å²) in [4.78, 5) is 11.0. The molecule has 0 saturated carbocycles. The molecular weight excluding hydrogens is 366 g/mol. The van der Waals surface area contributed by atoms with Gasteiger partial charge in [-0.1, -0.05) is 15.3 Å². The van der Waals surface area contributed by atoms with Gasteiger partial charge in [-0.3, -0.25) is 4.79 Å². The molecule has 1 unspecified atom stereocenters. The van der Waals surface area contributed by atoms with Crippen LogP contribution in [0.15, 0.2) is 30.3 Å². The molecule has 0 aliphatic rings. The maximum absolute atomic E-state index is 12.3. The highest BCUT2D eigenvalue weighted by Crippen LogP contribution is 2.29. The van der Waals surface area contributed by atoms with Crippen LogP contribution < -0.4 is 10.1 Å². The number of rotatable bonds is 5. The molecule has 0 spiro atoms. The zero-order valence-electron chi connectivity index (χ0n) is 14.3. The Hall–Kier alpha value is -2.27. The molecule has 2 rings (SSSR count). The van der Waals surface area contributed by atoms with E-state index >= 15 is 0 Å². The highest BCUT2D eigenvalue weighted by molar-refractivity contribution is 7.16. The van der Waals surface area contributed by atoms with Gasteiger partial charge in [0, 0.05) is 18.2 Å². The van der Waals surface area contributed by atoms with Crippen molar-refractivity contribution < 1.29 is 27.8 Å². The standard InChI is InChI=1S/C18H19F3NO3P/c1-10-5-14(25-9-26)6-11(2)15(10)7-12-3-4-13(8-16(12)23)22-17(24)18(19,20)21/h3-6,8,23H,7,9,26H2,1-2H3,(H,22,24). The predicted molar refractivity (Wildman–Crippen MR) is 96.7 cm³/mol. The van der Waals surface area contributed by atoms with E-state index in [2.05, 4.69) is 9.24 Å². The molecule has 2 aromatic carbocycles. The molecule has 0 aliphatic carbocycles. The summed E-state index contributed by atoms with van der Waals surface area (Å²) < 4.78 is 42.3. The van der Waals surface area contributed by atoms with Crippen LogP contribution in [0.2, 0.25) is 0 Å². The summed E-state index contributed by atoms with van der Waals surface area (Å²) in [5.74, 6) is -1.52. The fourth-order valence-electron chi connectivity index (χ4n) is 2.60. The molecule has 4 nitrogen and oxygen atoms in total. The Kier molecular flexibility index (Phi) is 6.13. The van der Waals surface area contributed by atoms with Gasteiger partial charge in [-0.25, -0.2) is 0 Å². The van der Waals surface area contributed by atoms with Crippen LogP contribution in [0.3, 0.4) is 0 Å². The highest BCUT2D eigenvalue weighted by atomic mass is 31.0. The van der Waals surface area contributed by atoms with E-state index in [0.717, 1.165) is 28.5 Å². The fourth-order valence-corrected chi connectivity index (χ4v) is 2.79. The molecular formula is C18H19F3NO3P. The molecule has 0 aromatic heterocycles. The van der Waals surface area contributed by atoms with Crippen LogP contribution in [0, 0.1) is 13.8 Å². The Morgan fingerprint density at radius 3 is 2.31 bits per heavy atom. The summed E-state index contributed by atoms with van der Waals surface area (Å²) in [7, 11) is 2.48. The van der Waals surface area contributed by atoms with E-state index in [9.17, 15) is 23.1 Å². The minimum absolute atomic E-state index is 0.119. The lowest BCUT2D eigenvalue weighted by molar-refractivity contribution is -0.167. The topological polar surface area (TPSA) is 58.6 Å². The Morgan fingerprint density at radius 1 is 1.19 bits per heavy atom. The largest absolute Gasteiger partial charge is 0.508 e. The van der Waals surface area contributed by atoms with Crippen molar-refractivity contribution in [2.24, 2.45) is 0 Å². The number of anilines is 1. The fraction of sp³-hybridized carbons (Fsp3) is 0.278. The average molecular weight is 385 g/mol. The number of aromatic hydroxyl groups is 1. The lowest BCUT2D eigenvalue weighted by Crippen LogP contribution is -2.29. The Bertz CT molecular complexity index is 799. The van der Waals surface area contributed by atoms with Gasteiger partial charge >= 0.3 is 12.1 Å². The number of carbonyl (C=O) groups is 1. The average Bonchev–Trinajstić information content (AvgIpc) is 2.52. The van der Waals surface area contributed by atoms with Crippen molar-refractivity contribution in [2.75, 3.05) is 11.7 Å². The summed E-state index contributed by atoms with van der Waals surface area (Å²) in [5, 5.41) is 11.8. The summed E-state index contributed by atoms with van der Waals surface area (Å²) >= 11 is 0. The maximum Gasteiger partial charge on any atom is 0.471 e. The number of hydrogen-bond donors (Lipinski definition) is 2. The van der Waals surface area contributed by atoms with Crippen molar-refractivity contribution in [3.8, 4) is 11.5 Å². The van der Waals surface area contributed by atoms with Gasteiger partial charge in [-0.2, -0.15) is 13.2 Å². The minimum atomic E-state index is -4.98. The lowest BCUT2D eigenvalue weighted by atomic mass is 9.95. The second-order valence-electron chi connectivity index (χ2n) is 5.82. The SMILES string of the molecule is Cc1cc(OCP)cc(C)c1Cc1ccc(NC(=O)C(F)(F)F)cc1O. The second-order valence-corrected chi connectivity index (χ2v) is 6.15. The van der Waals surface area contributed by atoms with E-state index in [1.54, 1.807) is 5.32 Å². The number of carbonyl (C=O) groups excluding carboxylic acids is 1. The third-order valence-electron chi connectivity index (χ3n) is 3.89. The number of phenolic OH excluding ortho intramolecular Hbond substituents is 1. The second kappa shape index (κ2) is 7.96. The molecule has 2 N–H and O–H groups in total. The van der Waals surface area contributed by atoms with Crippen LogP contribution in [0.1, 0.15) is 22.3 Å². The quantitative estimate of drug-likeness (QED) is 0.754. The van der Waals surface area contributed by atoms with Crippen LogP contribution in [-0.2, 0) is 11.2 Å². The molecule has 0 bridgehead atoms. The number of ether oxygens (including phenoxy) is 1. The molecule has 0 aliphatic heterocycles. The Labute approximate surface area is 151 Å². The van der Waals surface area contributed by atoms with Gasteiger partial charge in [0.05, 0.1) is 0 Å². The van der Waals surface area contributed by atoms with Gasteiger partial charge in [-0.15, -0.1) is 0 Å². The zero-order valence-corrected chi connectivity index (χ0v) is 15.4. The predicted octanol–water partition coefficient (Wildman–Crippen LogP) is 4.31. The van der Waals surface area contributed by atoms with Crippen molar-refractivity contribution in [1.82, 2.24) is 0 Å². The van der Waals surface area contributed by atoms with Gasteiger partial charge in [0.15, 0.2) is 0 Å². The summed E-state index contributed by atoms with van der Waals surface area (Å²) in [6.07, 6.45) is -4.11. The zero-order chi connectivity index (χ0) is 19.5. The van der Waals surface area contributed by atoms with E-state index in [4.69, 9.17) is 4.74 Å². The molecule has 2 aromatic rings. The lowest BCUT2D eigenvalue weighted by Gasteiger charge is -2.15. The number of nitrogens with one attached hydrogen (secondary N) is 1. The minimum Gasteiger partial charge on any atom is -0.508 e. The van der Waals surface area contributed by atoms with Gasteiger partial charge in [-0.05, 0) is 54.3 Å². The molecule has 0 fully saturated rings. The first-order valence-electron chi connectivity index (χ1n) is 7.75. The van der Waals surface area contributed by atoms with Gasteiger partial charge in [0.1, 0.15) is 17.8 Å². The van der Waals surface area contributed by atoms with Gasteiger partial charge in [0.2, 0.25) is 0 Å². The molecule has 1 atom stereocenters. The van der Waals surface area contributed by atoms with Crippen molar-refractivity contribution in [2.45, 2.75) is 26.4 Å². The molecule has 0 saturated heterocycles. The molecule has 0 heterocycles. The van der Waals surface area contributed by atoms with Crippen molar-refractivity contribution in [1.29, 1.82) is 0 Å². The molecule has 140 valence electrons. The summed E-state index contributed by atoms with van der Waals surface area (Å²) in [5.41, 5.74) is 3.37. The van der Waals surface area contributed by atoms with Crippen molar-refractivity contribution in [3.05, 3.63) is 52.6 Å². The number of amides is 1. The molecule has 26 heavy (non-hydrogen) atoms. The van der Waals surface area contributed by atoms with E-state index in [1.807, 2.05) is 26.0 Å². The van der Waals surface area contributed by atoms with Gasteiger partial charge in [0.25, 0.3) is 0 Å². The first-order chi connectivity index (χ1) is 12.1. The molecule has 0 radical (unpaired) electrons. The first-order valence-corrected chi connectivity index (χ1v) is 8.56. The van der Waals surface area contributed by atoms with Crippen LogP contribution in [-0.4, -0.2) is 23.5 Å². The van der Waals surface area contributed by atoms with Crippen molar-refractivity contribution >= 4 is 20.8 Å². The van der Waals surface area contributed by atoms with Gasteiger partial charge < -0.3 is 15.2 Å². The monoisotopic (exact) mass is 385 g/mol. The van der Waals surface area contributed by atoms with E-state index in [0.29, 0.717) is 18.3 Å². The number of aryl methyl sites for hydroxylation is 2. The first kappa shape index (κ1) is 20.0. The van der Waals surface area contributed by atoms with E-state index in [1.165, 1.54) is 12.1 Å². The van der Waals surface area contributed by atoms with Crippen LogP contribution in [0.25, 0.3) is 0 Å². The number of halogens is 3. The highest BCUT2D eigenvalue weighted by Gasteiger charge is 2.38. The third kappa shape index (κ3) is 4.88. The Morgan fingerprint density at radius 2 is 1.81 bits per heavy atom. The van der Waals surface area contributed by atoms with Crippen LogP contribution >= 0.6 is 9.24 Å². The third-order valence-corrected chi connectivity index (χ3v) is 4.05. The summed E-state index contributed by atoms with van der Waals surface area (Å²) in [6, 6.07) is 7.71. The normalized spacial score (nSPS) is 11.3. The molecule has 1 amide bonds. The number of phenols is 1. The number of alkyl halides is 3. The van der Waals surface area contributed by atoms with E-state index < -0.39 is 12.1 Å². The van der Waals surface area contributed by atoms with Crippen LogP contribution in [0.4, 0.5) is 18.9 Å². The number of hydrogen-bond acceptors (Lipinski definition) is 3. The maximum atomic E-state index is 12.3. The van der Waals surface area contributed by atoms with E-state index in [-0.39, 0.29) is 11.4 Å².